The molecule has 3 nitrogen and oxygen atoms in total. The van der Waals surface area contributed by atoms with E-state index in [-0.39, 0.29) is 0 Å². The molecule has 1 heterocycles. The van der Waals surface area contributed by atoms with E-state index in [1.165, 1.54) is 49.7 Å². The Kier molecular flexibility index (Phi) is 4.04. The van der Waals surface area contributed by atoms with Crippen molar-refractivity contribution in [3.8, 4) is 5.75 Å². The van der Waals surface area contributed by atoms with E-state index in [9.17, 15) is 0 Å². The number of benzene rings is 1. The van der Waals surface area contributed by atoms with E-state index in [4.69, 9.17) is 10.6 Å². The highest BCUT2D eigenvalue weighted by atomic mass is 16.5. The molecule has 1 fully saturated rings. The Morgan fingerprint density at radius 2 is 1.95 bits per heavy atom. The molecule has 0 amide bonds. The Balaban J connectivity index is 1.80. The van der Waals surface area contributed by atoms with Gasteiger partial charge < -0.3 is 4.74 Å². The van der Waals surface area contributed by atoms with Gasteiger partial charge in [-0.2, -0.15) is 0 Å². The minimum atomic E-state index is 0.295. The molecule has 0 radical (unpaired) electrons. The summed E-state index contributed by atoms with van der Waals surface area (Å²) < 4.78 is 5.58. The van der Waals surface area contributed by atoms with Gasteiger partial charge >= 0.3 is 0 Å². The smallest absolute Gasteiger partial charge is 0.122 e. The molecule has 104 valence electrons. The van der Waals surface area contributed by atoms with Crippen LogP contribution in [0.3, 0.4) is 0 Å². The van der Waals surface area contributed by atoms with Gasteiger partial charge in [-0.05, 0) is 36.0 Å². The van der Waals surface area contributed by atoms with Crippen LogP contribution in [-0.2, 0) is 6.42 Å². The second-order valence-corrected chi connectivity index (χ2v) is 5.86. The second-order valence-electron chi connectivity index (χ2n) is 5.86. The monoisotopic (exact) mass is 260 g/mol. The third-order valence-electron chi connectivity index (χ3n) is 4.62. The number of hydrogen-bond acceptors (Lipinski definition) is 3. The molecule has 3 rings (SSSR count). The van der Waals surface area contributed by atoms with Crippen LogP contribution in [0.25, 0.3) is 0 Å². The van der Waals surface area contributed by atoms with Crippen LogP contribution >= 0.6 is 0 Å². The minimum Gasteiger partial charge on any atom is -0.493 e. The molecule has 19 heavy (non-hydrogen) atoms. The van der Waals surface area contributed by atoms with E-state index >= 15 is 0 Å². The fraction of sp³-hybridized carbons (Fsp3) is 0.625. The molecule has 3 heteroatoms. The molecule has 3 N–H and O–H groups in total. The maximum atomic E-state index is 5.85. The highest BCUT2D eigenvalue weighted by Gasteiger charge is 2.24. The van der Waals surface area contributed by atoms with Crippen molar-refractivity contribution in [1.82, 2.24) is 5.43 Å². The minimum absolute atomic E-state index is 0.295. The van der Waals surface area contributed by atoms with Gasteiger partial charge in [0.2, 0.25) is 0 Å². The van der Waals surface area contributed by atoms with Crippen LogP contribution in [0.15, 0.2) is 18.2 Å². The SMILES string of the molecule is NNC(c1ccc2c(c1)CCO2)C1CCCCCC1. The highest BCUT2D eigenvalue weighted by molar-refractivity contribution is 5.41. The molecule has 1 aliphatic heterocycles. The first-order valence-electron chi connectivity index (χ1n) is 7.60. The third kappa shape index (κ3) is 2.77. The topological polar surface area (TPSA) is 47.3 Å². The lowest BCUT2D eigenvalue weighted by atomic mass is 9.87. The van der Waals surface area contributed by atoms with Crippen LogP contribution in [0.4, 0.5) is 0 Å². The predicted molar refractivity (Wildman–Crippen MR) is 76.9 cm³/mol. The molecule has 1 aromatic rings. The molecule has 1 saturated carbocycles. The lowest BCUT2D eigenvalue weighted by Gasteiger charge is -2.26. The van der Waals surface area contributed by atoms with Gasteiger partial charge in [-0.25, -0.2) is 0 Å². The van der Waals surface area contributed by atoms with Crippen molar-refractivity contribution in [2.75, 3.05) is 6.61 Å². The van der Waals surface area contributed by atoms with Crippen LogP contribution in [0.2, 0.25) is 0 Å². The fourth-order valence-electron chi connectivity index (χ4n) is 3.55. The zero-order valence-corrected chi connectivity index (χ0v) is 11.5. The number of nitrogens with one attached hydrogen (secondary N) is 1. The molecular formula is C16H24N2O. The van der Waals surface area contributed by atoms with Gasteiger partial charge in [0, 0.05) is 12.5 Å². The van der Waals surface area contributed by atoms with Gasteiger partial charge in [0.1, 0.15) is 5.75 Å². The van der Waals surface area contributed by atoms with Gasteiger partial charge in [0.05, 0.1) is 6.61 Å². The summed E-state index contributed by atoms with van der Waals surface area (Å²) in [5, 5.41) is 0. The summed E-state index contributed by atoms with van der Waals surface area (Å²) in [6, 6.07) is 6.87. The van der Waals surface area contributed by atoms with Gasteiger partial charge in [0.15, 0.2) is 0 Å². The first kappa shape index (κ1) is 12.9. The Morgan fingerprint density at radius 3 is 2.68 bits per heavy atom. The zero-order valence-electron chi connectivity index (χ0n) is 11.5. The zero-order chi connectivity index (χ0) is 13.1. The number of nitrogens with two attached hydrogens (primary N) is 1. The number of hydrogen-bond donors (Lipinski definition) is 2. The maximum Gasteiger partial charge on any atom is 0.122 e. The summed E-state index contributed by atoms with van der Waals surface area (Å²) in [4.78, 5) is 0. The Bertz CT molecular complexity index is 425. The summed E-state index contributed by atoms with van der Waals surface area (Å²) in [5.74, 6) is 7.58. The summed E-state index contributed by atoms with van der Waals surface area (Å²) in [5.41, 5.74) is 5.74. The first-order chi connectivity index (χ1) is 9.38. The largest absolute Gasteiger partial charge is 0.493 e. The van der Waals surface area contributed by atoms with Crippen LogP contribution in [0.5, 0.6) is 5.75 Å². The van der Waals surface area contributed by atoms with Gasteiger partial charge in [-0.15, -0.1) is 0 Å². The van der Waals surface area contributed by atoms with E-state index in [1.807, 2.05) is 0 Å². The molecule has 1 unspecified atom stereocenters. The average Bonchev–Trinajstić information content (AvgIpc) is 2.74. The van der Waals surface area contributed by atoms with E-state index in [0.717, 1.165) is 18.8 Å². The van der Waals surface area contributed by atoms with Crippen molar-refractivity contribution in [3.05, 3.63) is 29.3 Å². The predicted octanol–water partition coefficient (Wildman–Crippen LogP) is 3.10. The normalized spacial score (nSPS) is 21.5. The second kappa shape index (κ2) is 5.93. The molecule has 0 bridgehead atoms. The fourth-order valence-corrected chi connectivity index (χ4v) is 3.55. The van der Waals surface area contributed by atoms with E-state index < -0.39 is 0 Å². The van der Waals surface area contributed by atoms with Crippen LogP contribution in [0.1, 0.15) is 55.7 Å². The molecule has 1 aliphatic carbocycles. The Labute approximate surface area is 115 Å². The van der Waals surface area contributed by atoms with Gasteiger partial charge in [-0.3, -0.25) is 11.3 Å². The summed E-state index contributed by atoms with van der Waals surface area (Å²) in [6.45, 7) is 0.822. The Hall–Kier alpha value is -1.06. The Morgan fingerprint density at radius 1 is 1.16 bits per heavy atom. The number of ether oxygens (including phenoxy) is 1. The molecule has 1 atom stereocenters. The van der Waals surface area contributed by atoms with Crippen molar-refractivity contribution < 1.29 is 4.74 Å². The lowest BCUT2D eigenvalue weighted by Crippen LogP contribution is -2.33. The highest BCUT2D eigenvalue weighted by Crippen LogP contribution is 2.35. The maximum absolute atomic E-state index is 5.85. The standard InChI is InChI=1S/C16H24N2O/c17-18-16(12-5-3-1-2-4-6-12)14-7-8-15-13(11-14)9-10-19-15/h7-8,11-12,16,18H,1-6,9-10,17H2. The molecular weight excluding hydrogens is 236 g/mol. The summed E-state index contributed by atoms with van der Waals surface area (Å²) in [6.07, 6.45) is 9.07. The van der Waals surface area contributed by atoms with Crippen molar-refractivity contribution >= 4 is 0 Å². The molecule has 0 aromatic heterocycles. The number of hydrazine groups is 1. The average molecular weight is 260 g/mol. The molecule has 2 aliphatic rings. The molecule has 1 aromatic carbocycles. The van der Waals surface area contributed by atoms with Crippen molar-refractivity contribution in [1.29, 1.82) is 0 Å². The van der Waals surface area contributed by atoms with E-state index in [2.05, 4.69) is 23.6 Å². The molecule has 0 saturated heterocycles. The number of fused-ring (bicyclic) bond motifs is 1. The first-order valence-corrected chi connectivity index (χ1v) is 7.60. The lowest BCUT2D eigenvalue weighted by molar-refractivity contribution is 0.328. The van der Waals surface area contributed by atoms with E-state index in [1.54, 1.807) is 0 Å². The summed E-state index contributed by atoms with van der Waals surface area (Å²) >= 11 is 0. The van der Waals surface area contributed by atoms with Crippen molar-refractivity contribution in [2.45, 2.75) is 51.0 Å². The van der Waals surface area contributed by atoms with Crippen molar-refractivity contribution in [2.24, 2.45) is 11.8 Å². The number of rotatable bonds is 3. The van der Waals surface area contributed by atoms with Crippen LogP contribution < -0.4 is 16.0 Å². The summed E-state index contributed by atoms with van der Waals surface area (Å²) in [7, 11) is 0. The van der Waals surface area contributed by atoms with Crippen LogP contribution in [0, 0.1) is 5.92 Å². The third-order valence-corrected chi connectivity index (χ3v) is 4.62. The molecule has 0 spiro atoms. The van der Waals surface area contributed by atoms with Crippen LogP contribution in [-0.4, -0.2) is 6.61 Å². The van der Waals surface area contributed by atoms with Gasteiger partial charge in [-0.1, -0.05) is 37.8 Å². The van der Waals surface area contributed by atoms with Gasteiger partial charge in [0.25, 0.3) is 0 Å². The van der Waals surface area contributed by atoms with Crippen molar-refractivity contribution in [3.63, 3.8) is 0 Å². The van der Waals surface area contributed by atoms with E-state index in [0.29, 0.717) is 12.0 Å². The quantitative estimate of drug-likeness (QED) is 0.499.